The number of benzene rings is 1. The highest BCUT2D eigenvalue weighted by Gasteiger charge is 2.30. The summed E-state index contributed by atoms with van der Waals surface area (Å²) in [5.74, 6) is 2.25. The first-order chi connectivity index (χ1) is 10.6. The zero-order chi connectivity index (χ0) is 16.1. The Morgan fingerprint density at radius 2 is 1.95 bits per heavy atom. The van der Waals surface area contributed by atoms with E-state index in [2.05, 4.69) is 17.5 Å². The number of thiocarbonyl (C=S) groups is 1. The van der Waals surface area contributed by atoms with Crippen molar-refractivity contribution in [2.45, 2.75) is 19.8 Å². The summed E-state index contributed by atoms with van der Waals surface area (Å²) in [5.41, 5.74) is 9.58. The molecule has 0 aromatic heterocycles. The maximum atomic E-state index is 5.52. The molecule has 1 aliphatic rings. The molecule has 8 heteroatoms. The van der Waals surface area contributed by atoms with Crippen LogP contribution in [0.25, 0.3) is 0 Å². The van der Waals surface area contributed by atoms with E-state index in [1.54, 1.807) is 20.4 Å². The lowest BCUT2D eigenvalue weighted by molar-refractivity contribution is 0.168. The van der Waals surface area contributed by atoms with E-state index in [9.17, 15) is 0 Å². The van der Waals surface area contributed by atoms with Crippen LogP contribution >= 0.6 is 12.2 Å². The van der Waals surface area contributed by atoms with Gasteiger partial charge in [0.05, 0.1) is 20.4 Å². The summed E-state index contributed by atoms with van der Waals surface area (Å²) in [4.78, 5) is 0. The summed E-state index contributed by atoms with van der Waals surface area (Å²) in [6.07, 6.45) is 3.28. The summed E-state index contributed by atoms with van der Waals surface area (Å²) in [7, 11) is 3.16. The molecule has 0 spiro atoms. The fourth-order valence-corrected chi connectivity index (χ4v) is 2.40. The number of hydrazone groups is 1. The second kappa shape index (κ2) is 7.17. The van der Waals surface area contributed by atoms with Crippen molar-refractivity contribution < 1.29 is 18.9 Å². The van der Waals surface area contributed by atoms with Gasteiger partial charge in [-0.3, -0.25) is 5.43 Å². The van der Waals surface area contributed by atoms with Gasteiger partial charge in [0.25, 0.3) is 0 Å². The van der Waals surface area contributed by atoms with Crippen LogP contribution in [0.15, 0.2) is 5.10 Å². The molecule has 1 aliphatic heterocycles. The van der Waals surface area contributed by atoms with Crippen LogP contribution in [-0.4, -0.2) is 32.3 Å². The summed E-state index contributed by atoms with van der Waals surface area (Å²) < 4.78 is 22.0. The Bertz CT molecular complexity index is 604. The monoisotopic (exact) mass is 325 g/mol. The Morgan fingerprint density at radius 3 is 2.50 bits per heavy atom. The van der Waals surface area contributed by atoms with Gasteiger partial charge in [-0.2, -0.15) is 5.10 Å². The van der Waals surface area contributed by atoms with E-state index in [-0.39, 0.29) is 11.9 Å². The first kappa shape index (κ1) is 16.2. The zero-order valence-electron chi connectivity index (χ0n) is 12.8. The van der Waals surface area contributed by atoms with Gasteiger partial charge in [-0.1, -0.05) is 13.3 Å². The number of hydrogen-bond acceptors (Lipinski definition) is 6. The highest BCUT2D eigenvalue weighted by atomic mass is 32.1. The van der Waals surface area contributed by atoms with E-state index in [1.807, 2.05) is 0 Å². The third-order valence-electron chi connectivity index (χ3n) is 3.15. The standard InChI is InChI=1S/C14H19N3O4S/c1-4-5-8-9(6-16-17-14(15)22)11(19-3)13-12(10(8)18-2)20-7-21-13/h6H,4-5,7H2,1-3H3,(H3,15,17,22)/b16-6-. The van der Waals surface area contributed by atoms with Gasteiger partial charge >= 0.3 is 0 Å². The molecule has 22 heavy (non-hydrogen) atoms. The molecule has 3 N–H and O–H groups in total. The third kappa shape index (κ3) is 3.01. The summed E-state index contributed by atoms with van der Waals surface area (Å²) in [5, 5.41) is 4.10. The Labute approximate surface area is 134 Å². The second-order valence-electron chi connectivity index (χ2n) is 4.51. The number of nitrogens with one attached hydrogen (secondary N) is 1. The van der Waals surface area contributed by atoms with Gasteiger partial charge in [-0.25, -0.2) is 0 Å². The van der Waals surface area contributed by atoms with Gasteiger partial charge in [0.2, 0.25) is 18.3 Å². The number of methoxy groups -OCH3 is 2. The SMILES string of the molecule is CCCc1c(/C=N\NC(N)=S)c(OC)c2c(c1OC)OCO2. The maximum Gasteiger partial charge on any atom is 0.231 e. The van der Waals surface area contributed by atoms with E-state index in [1.165, 1.54) is 0 Å². The van der Waals surface area contributed by atoms with Gasteiger partial charge in [-0.15, -0.1) is 0 Å². The molecule has 0 bridgehead atoms. The van der Waals surface area contributed by atoms with E-state index in [4.69, 9.17) is 36.9 Å². The predicted octanol–water partition coefficient (Wildman–Crippen LogP) is 1.55. The Morgan fingerprint density at radius 1 is 1.32 bits per heavy atom. The van der Waals surface area contributed by atoms with Crippen LogP contribution in [0.1, 0.15) is 24.5 Å². The van der Waals surface area contributed by atoms with Crippen molar-refractivity contribution in [2.24, 2.45) is 10.8 Å². The fraction of sp³-hybridized carbons (Fsp3) is 0.429. The molecule has 120 valence electrons. The minimum absolute atomic E-state index is 0.0833. The Hall–Kier alpha value is -2.22. The molecule has 0 radical (unpaired) electrons. The van der Waals surface area contributed by atoms with Crippen LogP contribution in [0.5, 0.6) is 23.0 Å². The molecular weight excluding hydrogens is 306 g/mol. The van der Waals surface area contributed by atoms with Gasteiger partial charge in [-0.05, 0) is 18.6 Å². The average molecular weight is 325 g/mol. The van der Waals surface area contributed by atoms with Crippen LogP contribution < -0.4 is 30.1 Å². The van der Waals surface area contributed by atoms with Crippen molar-refractivity contribution in [1.82, 2.24) is 5.43 Å². The van der Waals surface area contributed by atoms with Gasteiger partial charge in [0.1, 0.15) is 0 Å². The number of nitrogens with zero attached hydrogens (tertiary/aromatic N) is 1. The normalized spacial score (nSPS) is 12.5. The van der Waals surface area contributed by atoms with Crippen LogP contribution in [0.2, 0.25) is 0 Å². The van der Waals surface area contributed by atoms with Gasteiger partial charge in [0.15, 0.2) is 16.6 Å². The molecule has 7 nitrogen and oxygen atoms in total. The smallest absolute Gasteiger partial charge is 0.231 e. The molecule has 0 saturated carbocycles. The summed E-state index contributed by atoms with van der Waals surface area (Å²) in [6.45, 7) is 2.20. The molecule has 1 aromatic carbocycles. The molecule has 2 rings (SSSR count). The van der Waals surface area contributed by atoms with Crippen molar-refractivity contribution >= 4 is 23.5 Å². The Kier molecular flexibility index (Phi) is 5.26. The summed E-state index contributed by atoms with van der Waals surface area (Å²) >= 11 is 4.74. The number of rotatable bonds is 6. The quantitative estimate of drug-likeness (QED) is 0.466. The molecule has 0 unspecified atom stereocenters. The zero-order valence-corrected chi connectivity index (χ0v) is 13.6. The Balaban J connectivity index is 2.61. The van der Waals surface area contributed by atoms with E-state index >= 15 is 0 Å². The molecule has 0 fully saturated rings. The predicted molar refractivity (Wildman–Crippen MR) is 87.2 cm³/mol. The minimum atomic E-state index is 0.0833. The largest absolute Gasteiger partial charge is 0.492 e. The number of nitrogens with two attached hydrogens (primary N) is 1. The van der Waals surface area contributed by atoms with E-state index in [0.717, 1.165) is 24.0 Å². The lowest BCUT2D eigenvalue weighted by atomic mass is 10.00. The topological polar surface area (TPSA) is 87.3 Å². The molecule has 0 saturated heterocycles. The fourth-order valence-electron chi connectivity index (χ4n) is 2.35. The van der Waals surface area contributed by atoms with Crippen molar-refractivity contribution in [1.29, 1.82) is 0 Å². The first-order valence-electron chi connectivity index (χ1n) is 6.78. The molecule has 1 aromatic rings. The first-order valence-corrected chi connectivity index (χ1v) is 7.19. The van der Waals surface area contributed by atoms with Gasteiger partial charge in [0, 0.05) is 11.1 Å². The maximum absolute atomic E-state index is 5.52. The van der Waals surface area contributed by atoms with Crippen LogP contribution in [0, 0.1) is 0 Å². The molecule has 1 heterocycles. The van der Waals surface area contributed by atoms with Crippen molar-refractivity contribution in [3.8, 4) is 23.0 Å². The van der Waals surface area contributed by atoms with Crippen molar-refractivity contribution in [2.75, 3.05) is 21.0 Å². The van der Waals surface area contributed by atoms with Crippen molar-refractivity contribution in [3.63, 3.8) is 0 Å². The van der Waals surface area contributed by atoms with Crippen molar-refractivity contribution in [3.05, 3.63) is 11.1 Å². The lowest BCUT2D eigenvalue weighted by Crippen LogP contribution is -2.24. The van der Waals surface area contributed by atoms with E-state index in [0.29, 0.717) is 23.0 Å². The number of ether oxygens (including phenoxy) is 4. The second-order valence-corrected chi connectivity index (χ2v) is 4.95. The lowest BCUT2D eigenvalue weighted by Gasteiger charge is -2.17. The van der Waals surface area contributed by atoms with E-state index < -0.39 is 0 Å². The third-order valence-corrected chi connectivity index (χ3v) is 3.24. The molecule has 0 amide bonds. The van der Waals surface area contributed by atoms with Crippen LogP contribution in [0.4, 0.5) is 0 Å². The number of hydrogen-bond donors (Lipinski definition) is 2. The highest BCUT2D eigenvalue weighted by molar-refractivity contribution is 7.80. The average Bonchev–Trinajstić information content (AvgIpc) is 2.96. The van der Waals surface area contributed by atoms with Gasteiger partial charge < -0.3 is 24.7 Å². The highest BCUT2D eigenvalue weighted by Crippen LogP contribution is 2.51. The number of fused-ring (bicyclic) bond motifs is 1. The minimum Gasteiger partial charge on any atom is -0.492 e. The van der Waals surface area contributed by atoms with Crippen LogP contribution in [-0.2, 0) is 6.42 Å². The molecular formula is C14H19N3O4S. The molecule has 0 aliphatic carbocycles. The summed E-state index contributed by atoms with van der Waals surface area (Å²) in [6, 6.07) is 0. The molecule has 0 atom stereocenters. The van der Waals surface area contributed by atoms with Crippen LogP contribution in [0.3, 0.4) is 0 Å².